The molecule has 0 radical (unpaired) electrons. The number of halogens is 4. The zero-order chi connectivity index (χ0) is 15.6. The van der Waals surface area contributed by atoms with Crippen LogP contribution in [0.25, 0.3) is 0 Å². The molecule has 0 aliphatic rings. The number of likely N-dealkylation sites (N-methyl/N-ethyl adjacent to an activating group) is 1. The molecule has 0 fully saturated rings. The van der Waals surface area contributed by atoms with Crippen LogP contribution < -0.4 is 15.4 Å². The number of carbonyl (C=O) groups is 1. The Labute approximate surface area is 122 Å². The van der Waals surface area contributed by atoms with Crippen molar-refractivity contribution < 1.29 is 22.7 Å². The molecule has 1 amide bonds. The molecule has 0 aliphatic carbocycles. The summed E-state index contributed by atoms with van der Waals surface area (Å²) in [6.45, 7) is 3.36. The summed E-state index contributed by atoms with van der Waals surface area (Å²) in [7, 11) is 1.63. The number of rotatable bonds is 4. The van der Waals surface area contributed by atoms with E-state index in [1.165, 1.54) is 12.1 Å². The molecule has 0 heterocycles. The van der Waals surface area contributed by atoms with Crippen LogP contribution in [0, 0.1) is 0 Å². The number of hydrogen-bond donors (Lipinski definition) is 2. The zero-order valence-electron chi connectivity index (χ0n) is 11.1. The number of ether oxygens (including phenoxy) is 1. The number of alkyl halides is 3. The highest BCUT2D eigenvalue weighted by molar-refractivity contribution is 9.10. The second-order valence-corrected chi connectivity index (χ2v) is 5.38. The van der Waals surface area contributed by atoms with E-state index < -0.39 is 11.9 Å². The first-order valence-corrected chi connectivity index (χ1v) is 6.40. The average Bonchev–Trinajstić information content (AvgIpc) is 2.31. The van der Waals surface area contributed by atoms with Gasteiger partial charge in [0.2, 0.25) is 5.91 Å². The molecule has 2 N–H and O–H groups in total. The van der Waals surface area contributed by atoms with Gasteiger partial charge in [-0.25, -0.2) is 0 Å². The normalized spacial score (nSPS) is 12.2. The minimum atomic E-state index is -4.76. The fraction of sp³-hybridized carbons (Fsp3) is 0.417. The van der Waals surface area contributed by atoms with E-state index in [0.717, 1.165) is 6.07 Å². The zero-order valence-corrected chi connectivity index (χ0v) is 12.6. The molecular formula is C12H14BrF3N2O2. The van der Waals surface area contributed by atoms with Crippen LogP contribution in [0.15, 0.2) is 22.7 Å². The summed E-state index contributed by atoms with van der Waals surface area (Å²) in [5.41, 5.74) is -0.437. The van der Waals surface area contributed by atoms with Crippen LogP contribution in [0.4, 0.5) is 18.9 Å². The van der Waals surface area contributed by atoms with E-state index in [0.29, 0.717) is 5.69 Å². The van der Waals surface area contributed by atoms with E-state index >= 15 is 0 Å². The second-order valence-electron chi connectivity index (χ2n) is 4.52. The lowest BCUT2D eigenvalue weighted by Gasteiger charge is -2.23. The van der Waals surface area contributed by atoms with Gasteiger partial charge in [0.05, 0.1) is 10.0 Å². The molecule has 0 saturated carbocycles. The van der Waals surface area contributed by atoms with Gasteiger partial charge in [0.25, 0.3) is 0 Å². The Kier molecular flexibility index (Phi) is 5.04. The van der Waals surface area contributed by atoms with Crippen molar-refractivity contribution in [1.82, 2.24) is 5.32 Å². The number of anilines is 1. The highest BCUT2D eigenvalue weighted by atomic mass is 79.9. The Bertz CT molecular complexity index is 504. The van der Waals surface area contributed by atoms with Crippen molar-refractivity contribution in [2.45, 2.75) is 25.7 Å². The average molecular weight is 355 g/mol. The van der Waals surface area contributed by atoms with Crippen molar-refractivity contribution >= 4 is 27.5 Å². The Morgan fingerprint density at radius 1 is 1.30 bits per heavy atom. The van der Waals surface area contributed by atoms with E-state index in [1.54, 1.807) is 20.9 Å². The van der Waals surface area contributed by atoms with Gasteiger partial charge in [-0.1, -0.05) is 0 Å². The minimum absolute atomic E-state index is 0.0925. The lowest BCUT2D eigenvalue weighted by atomic mass is 10.1. The lowest BCUT2D eigenvalue weighted by Crippen LogP contribution is -2.47. The molecule has 112 valence electrons. The van der Waals surface area contributed by atoms with E-state index in [1.807, 2.05) is 0 Å². The van der Waals surface area contributed by atoms with Crippen LogP contribution in [-0.4, -0.2) is 24.9 Å². The largest absolute Gasteiger partial charge is 0.573 e. The molecule has 8 heteroatoms. The molecule has 1 aromatic rings. The monoisotopic (exact) mass is 354 g/mol. The maximum absolute atomic E-state index is 12.1. The summed E-state index contributed by atoms with van der Waals surface area (Å²) in [6.07, 6.45) is -4.76. The predicted molar refractivity (Wildman–Crippen MR) is 72.6 cm³/mol. The van der Waals surface area contributed by atoms with Crippen molar-refractivity contribution in [3.8, 4) is 5.75 Å². The Morgan fingerprint density at radius 3 is 2.35 bits per heavy atom. The summed E-state index contributed by atoms with van der Waals surface area (Å²) in [5, 5.41) is 5.42. The van der Waals surface area contributed by atoms with Crippen LogP contribution in [0.3, 0.4) is 0 Å². The third kappa shape index (κ3) is 4.68. The first-order chi connectivity index (χ1) is 9.05. The molecule has 0 aromatic heterocycles. The summed E-state index contributed by atoms with van der Waals surface area (Å²) >= 11 is 2.97. The first-order valence-electron chi connectivity index (χ1n) is 5.61. The van der Waals surface area contributed by atoms with Crippen LogP contribution in [0.5, 0.6) is 5.75 Å². The van der Waals surface area contributed by atoms with E-state index in [-0.39, 0.29) is 16.1 Å². The van der Waals surface area contributed by atoms with Crippen LogP contribution in [-0.2, 0) is 4.79 Å². The van der Waals surface area contributed by atoms with Crippen molar-refractivity contribution in [2.24, 2.45) is 0 Å². The third-order valence-electron chi connectivity index (χ3n) is 2.61. The van der Waals surface area contributed by atoms with Crippen LogP contribution in [0.1, 0.15) is 13.8 Å². The van der Waals surface area contributed by atoms with Gasteiger partial charge in [0, 0.05) is 5.69 Å². The highest BCUT2D eigenvalue weighted by Gasteiger charge is 2.32. The van der Waals surface area contributed by atoms with Crippen LogP contribution >= 0.6 is 15.9 Å². The van der Waals surface area contributed by atoms with Gasteiger partial charge in [-0.2, -0.15) is 0 Å². The SMILES string of the molecule is CNC(C)(C)C(=O)Nc1ccc(OC(F)(F)F)c(Br)c1. The predicted octanol–water partition coefficient (Wildman–Crippen LogP) is 3.28. The summed E-state index contributed by atoms with van der Waals surface area (Å²) in [4.78, 5) is 11.9. The number of benzene rings is 1. The molecule has 0 saturated heterocycles. The van der Waals surface area contributed by atoms with Gasteiger partial charge in [-0.15, -0.1) is 13.2 Å². The third-order valence-corrected chi connectivity index (χ3v) is 3.23. The molecule has 0 bridgehead atoms. The van der Waals surface area contributed by atoms with E-state index in [4.69, 9.17) is 0 Å². The minimum Gasteiger partial charge on any atom is -0.405 e. The first kappa shape index (κ1) is 16.8. The van der Waals surface area contributed by atoms with Gasteiger partial charge >= 0.3 is 6.36 Å². The molecule has 0 spiro atoms. The van der Waals surface area contributed by atoms with E-state index in [9.17, 15) is 18.0 Å². The molecule has 1 aromatic carbocycles. The van der Waals surface area contributed by atoms with Crippen molar-refractivity contribution in [3.05, 3.63) is 22.7 Å². The number of amides is 1. The maximum atomic E-state index is 12.1. The topological polar surface area (TPSA) is 50.4 Å². The van der Waals surface area contributed by atoms with Crippen molar-refractivity contribution in [2.75, 3.05) is 12.4 Å². The summed E-state index contributed by atoms with van der Waals surface area (Å²) in [5.74, 6) is -0.681. The van der Waals surface area contributed by atoms with Crippen molar-refractivity contribution in [3.63, 3.8) is 0 Å². The van der Waals surface area contributed by atoms with Gasteiger partial charge in [0.1, 0.15) is 5.75 Å². The van der Waals surface area contributed by atoms with Gasteiger partial charge < -0.3 is 15.4 Å². The molecule has 0 aliphatic heterocycles. The highest BCUT2D eigenvalue weighted by Crippen LogP contribution is 2.32. The summed E-state index contributed by atoms with van der Waals surface area (Å²) in [6, 6.07) is 3.79. The lowest BCUT2D eigenvalue weighted by molar-refractivity contribution is -0.274. The molecular weight excluding hydrogens is 341 g/mol. The van der Waals surface area contributed by atoms with E-state index in [2.05, 4.69) is 31.3 Å². The van der Waals surface area contributed by atoms with Gasteiger partial charge in [-0.3, -0.25) is 4.79 Å². The fourth-order valence-corrected chi connectivity index (χ4v) is 1.65. The molecule has 20 heavy (non-hydrogen) atoms. The fourth-order valence-electron chi connectivity index (χ4n) is 1.19. The Balaban J connectivity index is 2.86. The van der Waals surface area contributed by atoms with Crippen molar-refractivity contribution in [1.29, 1.82) is 0 Å². The second kappa shape index (κ2) is 6.01. The number of carbonyl (C=O) groups excluding carboxylic acids is 1. The van der Waals surface area contributed by atoms with Crippen LogP contribution in [0.2, 0.25) is 0 Å². The standard InChI is InChI=1S/C12H14BrF3N2O2/c1-11(2,17-3)10(19)18-7-4-5-9(8(13)6-7)20-12(14,15)16/h4-6,17H,1-3H3,(H,18,19). The molecule has 4 nitrogen and oxygen atoms in total. The number of nitrogens with one attached hydrogen (secondary N) is 2. The van der Waals surface area contributed by atoms with Gasteiger partial charge in [-0.05, 0) is 55.0 Å². The molecule has 1 rings (SSSR count). The van der Waals surface area contributed by atoms with Gasteiger partial charge in [0.15, 0.2) is 0 Å². The number of hydrogen-bond acceptors (Lipinski definition) is 3. The molecule has 0 unspecified atom stereocenters. The smallest absolute Gasteiger partial charge is 0.405 e. The Morgan fingerprint density at radius 2 is 1.90 bits per heavy atom. The molecule has 0 atom stereocenters. The summed E-state index contributed by atoms with van der Waals surface area (Å²) < 4.78 is 40.2. The Hall–Kier alpha value is -1.28. The quantitative estimate of drug-likeness (QED) is 0.872. The maximum Gasteiger partial charge on any atom is 0.573 e.